The van der Waals surface area contributed by atoms with Crippen molar-refractivity contribution in [2.75, 3.05) is 7.05 Å². The lowest BCUT2D eigenvalue weighted by molar-refractivity contribution is 1.31. The number of halogens is 1. The Labute approximate surface area is 64.6 Å². The Morgan fingerprint density at radius 2 is 2.40 bits per heavy atom. The van der Waals surface area contributed by atoms with Gasteiger partial charge in [-0.15, -0.1) is 0 Å². The van der Waals surface area contributed by atoms with Crippen LogP contribution in [0.2, 0.25) is 5.15 Å². The molecule has 0 amide bonds. The number of hydrogen-bond donors (Lipinski definition) is 0. The third-order valence-electron chi connectivity index (χ3n) is 1.03. The average Bonchev–Trinajstić information content (AvgIpc) is 1.95. The molecule has 52 valence electrons. The molecule has 0 aliphatic heterocycles. The van der Waals surface area contributed by atoms with Gasteiger partial charge in [0.25, 0.3) is 0 Å². The quantitative estimate of drug-likeness (QED) is 0.447. The van der Waals surface area contributed by atoms with Crippen LogP contribution in [0.4, 0.5) is 0 Å². The lowest BCUT2D eigenvalue weighted by Crippen LogP contribution is -1.81. The van der Waals surface area contributed by atoms with Crippen LogP contribution in [0.25, 0.3) is 0 Å². The van der Waals surface area contributed by atoms with E-state index >= 15 is 0 Å². The Kier molecular flexibility index (Phi) is 2.40. The van der Waals surface area contributed by atoms with E-state index in [1.807, 2.05) is 6.07 Å². The van der Waals surface area contributed by atoms with Crippen molar-refractivity contribution in [1.29, 1.82) is 0 Å². The molecule has 0 spiro atoms. The summed E-state index contributed by atoms with van der Waals surface area (Å²) < 4.78 is 0. The maximum Gasteiger partial charge on any atom is 0.129 e. The fraction of sp³-hybridized carbons (Fsp3) is 0.143. The summed E-state index contributed by atoms with van der Waals surface area (Å²) in [4.78, 5) is 7.70. The molecule has 0 bridgehead atoms. The first-order valence-corrected chi connectivity index (χ1v) is 3.24. The third-order valence-corrected chi connectivity index (χ3v) is 1.25. The summed E-state index contributed by atoms with van der Waals surface area (Å²) in [7, 11) is 1.72. The Bertz CT molecular complexity index is 228. The molecule has 1 aromatic heterocycles. The van der Waals surface area contributed by atoms with Crippen LogP contribution in [-0.2, 0) is 0 Å². The van der Waals surface area contributed by atoms with Crippen LogP contribution >= 0.6 is 11.6 Å². The van der Waals surface area contributed by atoms with Crippen molar-refractivity contribution in [3.8, 4) is 0 Å². The second-order valence-electron chi connectivity index (χ2n) is 1.80. The predicted molar refractivity (Wildman–Crippen MR) is 42.8 cm³/mol. The Morgan fingerprint density at radius 1 is 1.60 bits per heavy atom. The highest BCUT2D eigenvalue weighted by molar-refractivity contribution is 6.29. The summed E-state index contributed by atoms with van der Waals surface area (Å²) in [6, 6.07) is 3.60. The summed E-state index contributed by atoms with van der Waals surface area (Å²) in [6.45, 7) is 0. The maximum atomic E-state index is 5.56. The van der Waals surface area contributed by atoms with E-state index in [4.69, 9.17) is 11.6 Å². The SMILES string of the molecule is C/N=C/c1ccc(Cl)nc1. The molecule has 3 heteroatoms. The van der Waals surface area contributed by atoms with Gasteiger partial charge in [-0.25, -0.2) is 4.98 Å². The van der Waals surface area contributed by atoms with E-state index < -0.39 is 0 Å². The molecule has 0 aromatic carbocycles. The van der Waals surface area contributed by atoms with Gasteiger partial charge in [0.05, 0.1) is 0 Å². The predicted octanol–water partition coefficient (Wildman–Crippen LogP) is 1.78. The number of rotatable bonds is 1. The summed E-state index contributed by atoms with van der Waals surface area (Å²) in [5.74, 6) is 0. The van der Waals surface area contributed by atoms with E-state index in [1.165, 1.54) is 0 Å². The number of aromatic nitrogens is 1. The van der Waals surface area contributed by atoms with Gasteiger partial charge in [-0.3, -0.25) is 4.99 Å². The Morgan fingerprint density at radius 3 is 2.90 bits per heavy atom. The van der Waals surface area contributed by atoms with Gasteiger partial charge in [0.1, 0.15) is 5.15 Å². The number of hydrogen-bond acceptors (Lipinski definition) is 2. The fourth-order valence-corrected chi connectivity index (χ4v) is 0.724. The molecule has 0 atom stereocenters. The van der Waals surface area contributed by atoms with Crippen LogP contribution in [-0.4, -0.2) is 18.2 Å². The monoisotopic (exact) mass is 154 g/mol. The summed E-state index contributed by atoms with van der Waals surface area (Å²) in [5, 5.41) is 0.508. The van der Waals surface area contributed by atoms with Crippen molar-refractivity contribution in [1.82, 2.24) is 4.98 Å². The minimum Gasteiger partial charge on any atom is -0.296 e. The Balaban J connectivity index is 2.89. The molecule has 0 N–H and O–H groups in total. The van der Waals surface area contributed by atoms with Crippen LogP contribution < -0.4 is 0 Å². The zero-order chi connectivity index (χ0) is 7.40. The smallest absolute Gasteiger partial charge is 0.129 e. The molecule has 2 nitrogen and oxygen atoms in total. The van der Waals surface area contributed by atoms with Crippen LogP contribution in [0.3, 0.4) is 0 Å². The highest BCUT2D eigenvalue weighted by Gasteiger charge is 1.87. The number of nitrogens with zero attached hydrogens (tertiary/aromatic N) is 2. The molecule has 10 heavy (non-hydrogen) atoms. The minimum atomic E-state index is 0.508. The van der Waals surface area contributed by atoms with Crippen molar-refractivity contribution in [2.24, 2.45) is 4.99 Å². The van der Waals surface area contributed by atoms with E-state index in [9.17, 15) is 0 Å². The van der Waals surface area contributed by atoms with Crippen molar-refractivity contribution in [3.05, 3.63) is 29.0 Å². The second-order valence-corrected chi connectivity index (χ2v) is 2.19. The second kappa shape index (κ2) is 3.32. The molecular formula is C7H7ClN2. The Hall–Kier alpha value is -0.890. The standard InChI is InChI=1S/C7H7ClN2/c1-9-4-6-2-3-7(8)10-5-6/h2-5H,1H3/b9-4+. The highest BCUT2D eigenvalue weighted by Crippen LogP contribution is 2.02. The maximum absolute atomic E-state index is 5.56. The molecule has 0 unspecified atom stereocenters. The van der Waals surface area contributed by atoms with Gasteiger partial charge in [-0.05, 0) is 12.1 Å². The van der Waals surface area contributed by atoms with E-state index in [0.29, 0.717) is 5.15 Å². The first-order chi connectivity index (χ1) is 4.83. The van der Waals surface area contributed by atoms with Crippen LogP contribution in [0.5, 0.6) is 0 Å². The van der Waals surface area contributed by atoms with Gasteiger partial charge in [0, 0.05) is 25.0 Å². The molecule has 0 radical (unpaired) electrons. The zero-order valence-corrected chi connectivity index (χ0v) is 6.34. The van der Waals surface area contributed by atoms with E-state index in [1.54, 1.807) is 25.5 Å². The number of pyridine rings is 1. The van der Waals surface area contributed by atoms with E-state index in [0.717, 1.165) is 5.56 Å². The average molecular weight is 155 g/mol. The van der Waals surface area contributed by atoms with E-state index in [2.05, 4.69) is 9.98 Å². The largest absolute Gasteiger partial charge is 0.296 e. The molecule has 1 aromatic rings. The van der Waals surface area contributed by atoms with Crippen molar-refractivity contribution in [2.45, 2.75) is 0 Å². The van der Waals surface area contributed by atoms with Gasteiger partial charge >= 0.3 is 0 Å². The normalized spacial score (nSPS) is 10.6. The van der Waals surface area contributed by atoms with Gasteiger partial charge in [0.2, 0.25) is 0 Å². The summed E-state index contributed by atoms with van der Waals surface area (Å²) >= 11 is 5.56. The van der Waals surface area contributed by atoms with Crippen LogP contribution in [0.1, 0.15) is 5.56 Å². The summed E-state index contributed by atoms with van der Waals surface area (Å²) in [6.07, 6.45) is 3.40. The fourth-order valence-electron chi connectivity index (χ4n) is 0.613. The highest BCUT2D eigenvalue weighted by atomic mass is 35.5. The first kappa shape index (κ1) is 7.22. The molecule has 0 aliphatic rings. The van der Waals surface area contributed by atoms with Crippen molar-refractivity contribution < 1.29 is 0 Å². The van der Waals surface area contributed by atoms with Gasteiger partial charge in [-0.1, -0.05) is 11.6 Å². The summed E-state index contributed by atoms with van der Waals surface area (Å²) in [5.41, 5.74) is 0.965. The van der Waals surface area contributed by atoms with Crippen LogP contribution in [0, 0.1) is 0 Å². The molecule has 0 saturated heterocycles. The zero-order valence-electron chi connectivity index (χ0n) is 5.58. The minimum absolute atomic E-state index is 0.508. The topological polar surface area (TPSA) is 25.2 Å². The lowest BCUT2D eigenvalue weighted by Gasteiger charge is -1.89. The molecule has 0 aliphatic carbocycles. The van der Waals surface area contributed by atoms with Gasteiger partial charge in [0.15, 0.2) is 0 Å². The van der Waals surface area contributed by atoms with E-state index in [-0.39, 0.29) is 0 Å². The van der Waals surface area contributed by atoms with Crippen molar-refractivity contribution >= 4 is 17.8 Å². The first-order valence-electron chi connectivity index (χ1n) is 2.86. The third kappa shape index (κ3) is 1.81. The van der Waals surface area contributed by atoms with Gasteiger partial charge in [-0.2, -0.15) is 0 Å². The molecule has 1 heterocycles. The molecule has 0 saturated carbocycles. The molecule has 1 rings (SSSR count). The molecule has 0 fully saturated rings. The van der Waals surface area contributed by atoms with Crippen LogP contribution in [0.15, 0.2) is 23.3 Å². The molecular weight excluding hydrogens is 148 g/mol. The number of aliphatic imine (C=N–C) groups is 1. The van der Waals surface area contributed by atoms with Crippen molar-refractivity contribution in [3.63, 3.8) is 0 Å². The van der Waals surface area contributed by atoms with Gasteiger partial charge < -0.3 is 0 Å². The lowest BCUT2D eigenvalue weighted by atomic mass is 10.3.